The first-order valence-corrected chi connectivity index (χ1v) is 10.8. The zero-order valence-electron chi connectivity index (χ0n) is 13.3. The number of thioether (sulfide) groups is 1. The van der Waals surface area contributed by atoms with E-state index < -0.39 is 16.0 Å². The standard InChI is InChI=1S/C17H18BrNO4S2/c18-14-4-8-16(9-5-14)25(22,23)19-11-12-24-15-6-1-13(2-7-15)3-10-17(20)21/h1-2,4-9,19H,3,10-12H2,(H,20,21). The molecule has 25 heavy (non-hydrogen) atoms. The van der Waals surface area contributed by atoms with Gasteiger partial charge in [0.2, 0.25) is 10.0 Å². The molecule has 0 heterocycles. The first-order valence-electron chi connectivity index (χ1n) is 7.55. The maximum Gasteiger partial charge on any atom is 0.303 e. The second-order valence-electron chi connectivity index (χ2n) is 5.24. The predicted molar refractivity (Wildman–Crippen MR) is 102 cm³/mol. The van der Waals surface area contributed by atoms with Crippen molar-refractivity contribution < 1.29 is 18.3 Å². The van der Waals surface area contributed by atoms with Gasteiger partial charge in [-0.25, -0.2) is 13.1 Å². The zero-order valence-corrected chi connectivity index (χ0v) is 16.5. The Kier molecular flexibility index (Phi) is 7.49. The van der Waals surface area contributed by atoms with Crippen LogP contribution in [-0.4, -0.2) is 31.8 Å². The third kappa shape index (κ3) is 6.81. The Hall–Kier alpha value is -1.35. The fraction of sp³-hybridized carbons (Fsp3) is 0.235. The summed E-state index contributed by atoms with van der Waals surface area (Å²) in [6.07, 6.45) is 0.623. The van der Waals surface area contributed by atoms with Crippen LogP contribution in [0.4, 0.5) is 0 Å². The Morgan fingerprint density at radius 2 is 1.72 bits per heavy atom. The van der Waals surface area contributed by atoms with E-state index in [4.69, 9.17) is 5.11 Å². The van der Waals surface area contributed by atoms with Crippen LogP contribution < -0.4 is 4.72 Å². The number of hydrogen-bond acceptors (Lipinski definition) is 4. The SMILES string of the molecule is O=C(O)CCc1ccc(SCCNS(=O)(=O)c2ccc(Br)cc2)cc1. The summed E-state index contributed by atoms with van der Waals surface area (Å²) in [5.41, 5.74) is 0.975. The first-order chi connectivity index (χ1) is 11.9. The van der Waals surface area contributed by atoms with E-state index in [2.05, 4.69) is 20.7 Å². The average molecular weight is 444 g/mol. The van der Waals surface area contributed by atoms with E-state index in [1.54, 1.807) is 36.0 Å². The number of carboxylic acids is 1. The lowest BCUT2D eigenvalue weighted by Gasteiger charge is -2.07. The number of aryl methyl sites for hydroxylation is 1. The lowest BCUT2D eigenvalue weighted by Crippen LogP contribution is -2.25. The molecule has 2 N–H and O–H groups in total. The largest absolute Gasteiger partial charge is 0.481 e. The minimum absolute atomic E-state index is 0.115. The molecule has 0 bridgehead atoms. The summed E-state index contributed by atoms with van der Waals surface area (Å²) in [6, 6.07) is 14.1. The summed E-state index contributed by atoms with van der Waals surface area (Å²) < 4.78 is 27.7. The molecule has 0 aliphatic carbocycles. The van der Waals surface area contributed by atoms with Gasteiger partial charge in [-0.05, 0) is 48.4 Å². The first kappa shape index (κ1) is 20.0. The maximum atomic E-state index is 12.1. The molecule has 0 spiro atoms. The molecule has 0 fully saturated rings. The Balaban J connectivity index is 1.78. The second kappa shape index (κ2) is 9.38. The van der Waals surface area contributed by atoms with Gasteiger partial charge in [0, 0.05) is 28.1 Å². The number of aliphatic carboxylic acids is 1. The summed E-state index contributed by atoms with van der Waals surface area (Å²) in [5, 5.41) is 8.67. The number of rotatable bonds is 9. The van der Waals surface area contributed by atoms with Crippen LogP contribution in [0.2, 0.25) is 0 Å². The highest BCUT2D eigenvalue weighted by atomic mass is 79.9. The molecule has 2 aromatic rings. The minimum atomic E-state index is -3.49. The number of sulfonamides is 1. The van der Waals surface area contributed by atoms with Crippen molar-refractivity contribution >= 4 is 43.7 Å². The number of nitrogens with one attached hydrogen (secondary N) is 1. The lowest BCUT2D eigenvalue weighted by molar-refractivity contribution is -0.136. The Bertz CT molecular complexity index is 806. The molecular formula is C17H18BrNO4S2. The van der Waals surface area contributed by atoms with E-state index in [9.17, 15) is 13.2 Å². The van der Waals surface area contributed by atoms with Crippen molar-refractivity contribution in [1.82, 2.24) is 4.72 Å². The maximum absolute atomic E-state index is 12.1. The Labute approximate surface area is 160 Å². The van der Waals surface area contributed by atoms with E-state index in [0.29, 0.717) is 18.7 Å². The molecule has 8 heteroatoms. The van der Waals surface area contributed by atoms with Gasteiger partial charge < -0.3 is 5.11 Å². The van der Waals surface area contributed by atoms with Gasteiger partial charge in [0.15, 0.2) is 0 Å². The quantitative estimate of drug-likeness (QED) is 0.457. The topological polar surface area (TPSA) is 83.5 Å². The van der Waals surface area contributed by atoms with Crippen LogP contribution in [0.3, 0.4) is 0 Å². The number of carboxylic acid groups (broad SMARTS) is 1. The average Bonchev–Trinajstić information content (AvgIpc) is 2.58. The van der Waals surface area contributed by atoms with Crippen molar-refractivity contribution in [3.8, 4) is 0 Å². The van der Waals surface area contributed by atoms with Crippen LogP contribution in [0.5, 0.6) is 0 Å². The highest BCUT2D eigenvalue weighted by Gasteiger charge is 2.12. The molecule has 0 unspecified atom stereocenters. The van der Waals surface area contributed by atoms with Gasteiger partial charge in [0.1, 0.15) is 0 Å². The predicted octanol–water partition coefficient (Wildman–Crippen LogP) is 3.54. The molecule has 5 nitrogen and oxygen atoms in total. The zero-order chi connectivity index (χ0) is 18.3. The molecule has 0 saturated carbocycles. The molecule has 134 valence electrons. The minimum Gasteiger partial charge on any atom is -0.481 e. The van der Waals surface area contributed by atoms with Gasteiger partial charge in [-0.2, -0.15) is 0 Å². The molecule has 2 rings (SSSR count). The third-order valence-electron chi connectivity index (χ3n) is 3.34. The molecule has 0 amide bonds. The van der Waals surface area contributed by atoms with Crippen LogP contribution in [0.15, 0.2) is 62.8 Å². The van der Waals surface area contributed by atoms with Crippen molar-refractivity contribution in [3.05, 3.63) is 58.6 Å². The van der Waals surface area contributed by atoms with Crippen LogP contribution in [0.1, 0.15) is 12.0 Å². The van der Waals surface area contributed by atoms with E-state index >= 15 is 0 Å². The monoisotopic (exact) mass is 443 g/mol. The van der Waals surface area contributed by atoms with Crippen molar-refractivity contribution in [2.45, 2.75) is 22.6 Å². The highest BCUT2D eigenvalue weighted by molar-refractivity contribution is 9.10. The Morgan fingerprint density at radius 1 is 1.08 bits per heavy atom. The number of halogens is 1. The molecule has 0 aliphatic heterocycles. The Morgan fingerprint density at radius 3 is 2.32 bits per heavy atom. The fourth-order valence-corrected chi connectivity index (χ4v) is 4.24. The molecule has 0 atom stereocenters. The summed E-state index contributed by atoms with van der Waals surface area (Å²) in [7, 11) is -3.49. The highest BCUT2D eigenvalue weighted by Crippen LogP contribution is 2.19. The van der Waals surface area contributed by atoms with E-state index in [0.717, 1.165) is 14.9 Å². The van der Waals surface area contributed by atoms with Crippen molar-refractivity contribution in [3.63, 3.8) is 0 Å². The van der Waals surface area contributed by atoms with Gasteiger partial charge in [-0.3, -0.25) is 4.79 Å². The summed E-state index contributed by atoms with van der Waals surface area (Å²) in [5.74, 6) is -0.207. The molecular weight excluding hydrogens is 426 g/mol. The lowest BCUT2D eigenvalue weighted by atomic mass is 10.1. The smallest absolute Gasteiger partial charge is 0.303 e. The van der Waals surface area contributed by atoms with Crippen LogP contribution in [0, 0.1) is 0 Å². The van der Waals surface area contributed by atoms with Crippen molar-refractivity contribution in [1.29, 1.82) is 0 Å². The number of hydrogen-bond donors (Lipinski definition) is 2. The molecule has 0 aromatic heterocycles. The second-order valence-corrected chi connectivity index (χ2v) is 9.09. The number of benzene rings is 2. The fourth-order valence-electron chi connectivity index (χ4n) is 2.05. The molecule has 2 aromatic carbocycles. The summed E-state index contributed by atoms with van der Waals surface area (Å²) in [4.78, 5) is 11.8. The van der Waals surface area contributed by atoms with Gasteiger partial charge in [0.05, 0.1) is 4.90 Å². The van der Waals surface area contributed by atoms with Crippen LogP contribution in [0.25, 0.3) is 0 Å². The van der Waals surface area contributed by atoms with E-state index in [1.807, 2.05) is 24.3 Å². The number of carbonyl (C=O) groups is 1. The van der Waals surface area contributed by atoms with Crippen molar-refractivity contribution in [2.75, 3.05) is 12.3 Å². The molecule has 0 aliphatic rings. The van der Waals surface area contributed by atoms with Crippen LogP contribution >= 0.6 is 27.7 Å². The summed E-state index contributed by atoms with van der Waals surface area (Å²) >= 11 is 4.82. The molecule has 0 radical (unpaired) electrons. The summed E-state index contributed by atoms with van der Waals surface area (Å²) in [6.45, 7) is 0.323. The third-order valence-corrected chi connectivity index (χ3v) is 6.36. The van der Waals surface area contributed by atoms with E-state index in [1.165, 1.54) is 0 Å². The van der Waals surface area contributed by atoms with Gasteiger partial charge in [-0.1, -0.05) is 28.1 Å². The van der Waals surface area contributed by atoms with Gasteiger partial charge in [-0.15, -0.1) is 11.8 Å². The normalized spacial score (nSPS) is 11.4. The molecule has 0 saturated heterocycles. The van der Waals surface area contributed by atoms with Gasteiger partial charge >= 0.3 is 5.97 Å². The van der Waals surface area contributed by atoms with Crippen LogP contribution in [-0.2, 0) is 21.2 Å². The van der Waals surface area contributed by atoms with Crippen molar-refractivity contribution in [2.24, 2.45) is 0 Å². The van der Waals surface area contributed by atoms with E-state index in [-0.39, 0.29) is 11.3 Å². The van der Waals surface area contributed by atoms with Gasteiger partial charge in [0.25, 0.3) is 0 Å².